The Morgan fingerprint density at radius 2 is 1.70 bits per heavy atom. The highest BCUT2D eigenvalue weighted by atomic mass is 32.2. The number of nitrogens with zero attached hydrogens (tertiary/aromatic N) is 1. The molecule has 0 saturated carbocycles. The number of carbonyl (C=O) groups excluding carboxylic acids is 1. The Bertz CT molecular complexity index is 950. The summed E-state index contributed by atoms with van der Waals surface area (Å²) in [6.07, 6.45) is 3.76. The SMILES string of the molecule is CC(C)S(=O)(=O)Cc1cccc(NCC(=O)Nc2ccc(N3CCCCC3)cc2)c1. The zero-order valence-corrected chi connectivity index (χ0v) is 18.5. The van der Waals surface area contributed by atoms with Crippen molar-refractivity contribution in [2.45, 2.75) is 44.1 Å². The van der Waals surface area contributed by atoms with Gasteiger partial charge >= 0.3 is 0 Å². The number of rotatable bonds is 8. The van der Waals surface area contributed by atoms with E-state index in [1.807, 2.05) is 30.3 Å². The van der Waals surface area contributed by atoms with E-state index in [0.717, 1.165) is 24.5 Å². The third-order valence-corrected chi connectivity index (χ3v) is 7.51. The van der Waals surface area contributed by atoms with Gasteiger partial charge in [0.15, 0.2) is 9.84 Å². The Hall–Kier alpha value is -2.54. The molecular formula is C23H31N3O3S. The lowest BCUT2D eigenvalue weighted by Gasteiger charge is -2.28. The molecule has 1 saturated heterocycles. The lowest BCUT2D eigenvalue weighted by atomic mass is 10.1. The van der Waals surface area contributed by atoms with Gasteiger partial charge in [-0.15, -0.1) is 0 Å². The molecule has 1 heterocycles. The van der Waals surface area contributed by atoms with E-state index < -0.39 is 15.1 Å². The molecule has 1 aliphatic heterocycles. The first-order chi connectivity index (χ1) is 14.3. The van der Waals surface area contributed by atoms with Gasteiger partial charge in [-0.1, -0.05) is 12.1 Å². The van der Waals surface area contributed by atoms with Crippen LogP contribution in [0.5, 0.6) is 0 Å². The molecule has 3 rings (SSSR count). The number of hydrogen-bond donors (Lipinski definition) is 2. The largest absolute Gasteiger partial charge is 0.376 e. The molecule has 0 aromatic heterocycles. The highest BCUT2D eigenvalue weighted by Gasteiger charge is 2.17. The summed E-state index contributed by atoms with van der Waals surface area (Å²) in [6, 6.07) is 15.1. The van der Waals surface area contributed by atoms with Crippen molar-refractivity contribution in [3.05, 3.63) is 54.1 Å². The number of carbonyl (C=O) groups is 1. The van der Waals surface area contributed by atoms with Gasteiger partial charge in [0.05, 0.1) is 17.5 Å². The van der Waals surface area contributed by atoms with Crippen LogP contribution in [-0.4, -0.2) is 39.2 Å². The zero-order valence-electron chi connectivity index (χ0n) is 17.7. The van der Waals surface area contributed by atoms with Crippen LogP contribution in [0.15, 0.2) is 48.5 Å². The average Bonchev–Trinajstić information content (AvgIpc) is 2.73. The second-order valence-corrected chi connectivity index (χ2v) is 10.6. The van der Waals surface area contributed by atoms with Gasteiger partial charge in [0.2, 0.25) is 5.91 Å². The maximum atomic E-state index is 12.3. The minimum Gasteiger partial charge on any atom is -0.376 e. The maximum absolute atomic E-state index is 12.3. The highest BCUT2D eigenvalue weighted by Crippen LogP contribution is 2.22. The van der Waals surface area contributed by atoms with Gasteiger partial charge in [-0.2, -0.15) is 0 Å². The summed E-state index contributed by atoms with van der Waals surface area (Å²) in [6.45, 7) is 5.65. The molecule has 0 spiro atoms. The number of nitrogens with one attached hydrogen (secondary N) is 2. The molecule has 0 radical (unpaired) electrons. The van der Waals surface area contributed by atoms with Crippen LogP contribution >= 0.6 is 0 Å². The van der Waals surface area contributed by atoms with E-state index in [0.29, 0.717) is 5.56 Å². The van der Waals surface area contributed by atoms with Gasteiger partial charge in [-0.05, 0) is 75.1 Å². The predicted molar refractivity (Wildman–Crippen MR) is 124 cm³/mol. The van der Waals surface area contributed by atoms with Crippen LogP contribution in [0.25, 0.3) is 0 Å². The predicted octanol–water partition coefficient (Wildman–Crippen LogP) is 4.05. The summed E-state index contributed by atoms with van der Waals surface area (Å²) in [7, 11) is -3.16. The zero-order chi connectivity index (χ0) is 21.6. The molecule has 1 aliphatic rings. The summed E-state index contributed by atoms with van der Waals surface area (Å²) in [5.74, 6) is -0.156. The molecule has 1 fully saturated rings. The third kappa shape index (κ3) is 6.23. The molecule has 1 amide bonds. The molecule has 6 nitrogen and oxygen atoms in total. The third-order valence-electron chi connectivity index (χ3n) is 5.34. The van der Waals surface area contributed by atoms with Crippen molar-refractivity contribution < 1.29 is 13.2 Å². The van der Waals surface area contributed by atoms with Crippen molar-refractivity contribution in [3.8, 4) is 0 Å². The molecule has 162 valence electrons. The van der Waals surface area contributed by atoms with Crippen molar-refractivity contribution in [2.75, 3.05) is 35.2 Å². The van der Waals surface area contributed by atoms with Gasteiger partial charge in [0, 0.05) is 30.2 Å². The van der Waals surface area contributed by atoms with Crippen molar-refractivity contribution >= 4 is 32.8 Å². The Morgan fingerprint density at radius 3 is 2.37 bits per heavy atom. The molecule has 30 heavy (non-hydrogen) atoms. The summed E-state index contributed by atoms with van der Waals surface area (Å²) >= 11 is 0. The number of piperidine rings is 1. The van der Waals surface area contributed by atoms with Crippen LogP contribution in [-0.2, 0) is 20.4 Å². The Labute approximate surface area is 179 Å². The number of sulfone groups is 1. The fourth-order valence-corrected chi connectivity index (χ4v) is 4.44. The topological polar surface area (TPSA) is 78.5 Å². The average molecular weight is 430 g/mol. The molecule has 0 bridgehead atoms. The summed E-state index contributed by atoms with van der Waals surface area (Å²) in [4.78, 5) is 14.7. The van der Waals surface area contributed by atoms with E-state index in [2.05, 4.69) is 15.5 Å². The van der Waals surface area contributed by atoms with E-state index in [-0.39, 0.29) is 18.2 Å². The first-order valence-corrected chi connectivity index (χ1v) is 12.2. The lowest BCUT2D eigenvalue weighted by molar-refractivity contribution is -0.114. The molecule has 0 unspecified atom stereocenters. The van der Waals surface area contributed by atoms with Gasteiger partial charge in [0.25, 0.3) is 0 Å². The fourth-order valence-electron chi connectivity index (χ4n) is 3.47. The van der Waals surface area contributed by atoms with Crippen molar-refractivity contribution in [1.82, 2.24) is 0 Å². The number of amides is 1. The highest BCUT2D eigenvalue weighted by molar-refractivity contribution is 7.91. The number of anilines is 3. The van der Waals surface area contributed by atoms with E-state index in [1.54, 1.807) is 32.0 Å². The van der Waals surface area contributed by atoms with Crippen molar-refractivity contribution in [3.63, 3.8) is 0 Å². The van der Waals surface area contributed by atoms with Gasteiger partial charge in [-0.25, -0.2) is 8.42 Å². The first-order valence-electron chi connectivity index (χ1n) is 10.5. The number of benzene rings is 2. The van der Waals surface area contributed by atoms with Crippen LogP contribution in [0.2, 0.25) is 0 Å². The van der Waals surface area contributed by atoms with Crippen LogP contribution in [0.1, 0.15) is 38.7 Å². The normalized spacial score (nSPS) is 14.6. The first kappa shape index (κ1) is 22.2. The summed E-state index contributed by atoms with van der Waals surface area (Å²) in [5.41, 5.74) is 3.39. The minimum atomic E-state index is -3.16. The van der Waals surface area contributed by atoms with Crippen molar-refractivity contribution in [2.24, 2.45) is 0 Å². The smallest absolute Gasteiger partial charge is 0.243 e. The Balaban J connectivity index is 1.51. The van der Waals surface area contributed by atoms with Crippen LogP contribution in [0.3, 0.4) is 0 Å². The Kier molecular flexibility index (Phi) is 7.37. The molecule has 2 aromatic carbocycles. The monoisotopic (exact) mass is 429 g/mol. The van der Waals surface area contributed by atoms with Gasteiger partial charge in [0.1, 0.15) is 0 Å². The van der Waals surface area contributed by atoms with Crippen molar-refractivity contribution in [1.29, 1.82) is 0 Å². The fraction of sp³-hybridized carbons (Fsp3) is 0.435. The van der Waals surface area contributed by atoms with Gasteiger partial charge < -0.3 is 15.5 Å². The van der Waals surface area contributed by atoms with E-state index in [9.17, 15) is 13.2 Å². The van der Waals surface area contributed by atoms with E-state index in [1.165, 1.54) is 24.9 Å². The second kappa shape index (κ2) is 9.98. The van der Waals surface area contributed by atoms with Gasteiger partial charge in [-0.3, -0.25) is 4.79 Å². The van der Waals surface area contributed by atoms with Crippen LogP contribution in [0, 0.1) is 0 Å². The molecule has 0 atom stereocenters. The summed E-state index contributed by atoms with van der Waals surface area (Å²) < 4.78 is 24.2. The quantitative estimate of drug-likeness (QED) is 0.662. The molecular weight excluding hydrogens is 398 g/mol. The minimum absolute atomic E-state index is 0.00422. The standard InChI is InChI=1S/C23H31N3O3S/c1-18(2)30(28,29)17-19-7-6-8-21(15-19)24-16-23(27)25-20-9-11-22(12-10-20)26-13-4-3-5-14-26/h6-12,15,18,24H,3-5,13-14,16-17H2,1-2H3,(H,25,27). The van der Waals surface area contributed by atoms with E-state index in [4.69, 9.17) is 0 Å². The Morgan fingerprint density at radius 1 is 1.00 bits per heavy atom. The number of hydrogen-bond acceptors (Lipinski definition) is 5. The van der Waals surface area contributed by atoms with E-state index >= 15 is 0 Å². The summed E-state index contributed by atoms with van der Waals surface area (Å²) in [5, 5.41) is 5.55. The maximum Gasteiger partial charge on any atom is 0.243 e. The lowest BCUT2D eigenvalue weighted by Crippen LogP contribution is -2.29. The molecule has 0 aliphatic carbocycles. The molecule has 7 heteroatoms. The molecule has 2 N–H and O–H groups in total. The van der Waals surface area contributed by atoms with Crippen LogP contribution < -0.4 is 15.5 Å². The molecule has 2 aromatic rings. The second-order valence-electron chi connectivity index (χ2n) is 8.05. The van der Waals surface area contributed by atoms with Crippen LogP contribution in [0.4, 0.5) is 17.1 Å².